The zero-order chi connectivity index (χ0) is 17.6. The van der Waals surface area contributed by atoms with Crippen molar-refractivity contribution >= 4 is 5.97 Å². The summed E-state index contributed by atoms with van der Waals surface area (Å²) in [5.74, 6) is 1.66. The highest BCUT2D eigenvalue weighted by atomic mass is 16.6. The van der Waals surface area contributed by atoms with Crippen LogP contribution in [0.25, 0.3) is 0 Å². The van der Waals surface area contributed by atoms with Gasteiger partial charge in [0.2, 0.25) is 5.75 Å². The van der Waals surface area contributed by atoms with Gasteiger partial charge in [0.15, 0.2) is 11.5 Å². The number of benzene rings is 2. The zero-order valence-corrected chi connectivity index (χ0v) is 14.2. The number of rotatable bonds is 6. The second kappa shape index (κ2) is 7.79. The van der Waals surface area contributed by atoms with Gasteiger partial charge in [0.05, 0.1) is 19.3 Å². The molecule has 1 aliphatic rings. The van der Waals surface area contributed by atoms with Gasteiger partial charge in [0.25, 0.3) is 0 Å². The molecule has 6 heteroatoms. The van der Waals surface area contributed by atoms with Crippen LogP contribution in [0.2, 0.25) is 0 Å². The van der Waals surface area contributed by atoms with Crippen molar-refractivity contribution in [1.29, 1.82) is 0 Å². The van der Waals surface area contributed by atoms with Crippen LogP contribution in [-0.4, -0.2) is 32.9 Å². The number of carbonyl (C=O) groups is 1. The Morgan fingerprint density at radius 3 is 2.72 bits per heavy atom. The molecule has 3 rings (SSSR count). The van der Waals surface area contributed by atoms with Crippen LogP contribution in [0, 0.1) is 0 Å². The first kappa shape index (κ1) is 17.0. The number of ether oxygens (including phenoxy) is 5. The smallest absolute Gasteiger partial charge is 0.338 e. The molecule has 132 valence electrons. The monoisotopic (exact) mass is 344 g/mol. The highest BCUT2D eigenvalue weighted by Gasteiger charge is 2.21. The Kier molecular flexibility index (Phi) is 5.28. The van der Waals surface area contributed by atoms with Crippen molar-refractivity contribution < 1.29 is 28.5 Å². The molecule has 6 nitrogen and oxygen atoms in total. The van der Waals surface area contributed by atoms with Crippen molar-refractivity contribution in [1.82, 2.24) is 0 Å². The van der Waals surface area contributed by atoms with Crippen LogP contribution in [0.15, 0.2) is 36.4 Å². The molecule has 0 spiro atoms. The third-order valence-corrected chi connectivity index (χ3v) is 3.69. The fraction of sp³-hybridized carbons (Fsp3) is 0.316. The van der Waals surface area contributed by atoms with E-state index in [1.807, 2.05) is 31.2 Å². The standard InChI is InChI=1S/C19H20O6/c1-3-22-15-7-5-4-6-13(15)12-25-19(20)14-10-16(21-2)18-17(11-14)23-8-9-24-18/h4-7,10-11H,3,8-9,12H2,1-2H3. The summed E-state index contributed by atoms with van der Waals surface area (Å²) in [6.07, 6.45) is 0. The van der Waals surface area contributed by atoms with E-state index in [0.29, 0.717) is 48.4 Å². The number of hydrogen-bond acceptors (Lipinski definition) is 6. The van der Waals surface area contributed by atoms with Crippen molar-refractivity contribution in [3.8, 4) is 23.0 Å². The molecule has 0 saturated heterocycles. The van der Waals surface area contributed by atoms with Crippen LogP contribution in [0.4, 0.5) is 0 Å². The average Bonchev–Trinajstić information content (AvgIpc) is 2.66. The Morgan fingerprint density at radius 2 is 1.92 bits per heavy atom. The van der Waals surface area contributed by atoms with Gasteiger partial charge in [-0.2, -0.15) is 0 Å². The summed E-state index contributed by atoms with van der Waals surface area (Å²) in [5.41, 5.74) is 1.15. The van der Waals surface area contributed by atoms with E-state index in [1.165, 1.54) is 7.11 Å². The van der Waals surface area contributed by atoms with E-state index >= 15 is 0 Å². The van der Waals surface area contributed by atoms with E-state index in [-0.39, 0.29) is 6.61 Å². The molecule has 0 N–H and O–H groups in total. The van der Waals surface area contributed by atoms with Crippen molar-refractivity contribution in [2.75, 3.05) is 26.9 Å². The Labute approximate surface area is 146 Å². The molecule has 0 atom stereocenters. The maximum absolute atomic E-state index is 12.4. The molecule has 0 aromatic heterocycles. The van der Waals surface area contributed by atoms with Crippen LogP contribution in [0.5, 0.6) is 23.0 Å². The van der Waals surface area contributed by atoms with Gasteiger partial charge >= 0.3 is 5.97 Å². The summed E-state index contributed by atoms with van der Waals surface area (Å²) in [6, 6.07) is 10.7. The highest BCUT2D eigenvalue weighted by Crippen LogP contribution is 2.40. The fourth-order valence-electron chi connectivity index (χ4n) is 2.54. The Hall–Kier alpha value is -2.89. The van der Waals surface area contributed by atoms with Crippen molar-refractivity contribution in [2.45, 2.75) is 13.5 Å². The van der Waals surface area contributed by atoms with Gasteiger partial charge in [-0.3, -0.25) is 0 Å². The molecule has 1 aliphatic heterocycles. The lowest BCUT2D eigenvalue weighted by molar-refractivity contribution is 0.0468. The van der Waals surface area contributed by atoms with Crippen LogP contribution < -0.4 is 18.9 Å². The maximum Gasteiger partial charge on any atom is 0.338 e. The summed E-state index contributed by atoms with van der Waals surface area (Å²) in [6.45, 7) is 3.44. The molecule has 25 heavy (non-hydrogen) atoms. The number of hydrogen-bond donors (Lipinski definition) is 0. The minimum atomic E-state index is -0.471. The first-order chi connectivity index (χ1) is 12.2. The van der Waals surface area contributed by atoms with Gasteiger partial charge in [-0.1, -0.05) is 18.2 Å². The van der Waals surface area contributed by atoms with Gasteiger partial charge in [0.1, 0.15) is 25.6 Å². The van der Waals surface area contributed by atoms with Gasteiger partial charge < -0.3 is 23.7 Å². The zero-order valence-electron chi connectivity index (χ0n) is 14.2. The van der Waals surface area contributed by atoms with E-state index in [9.17, 15) is 4.79 Å². The van der Waals surface area contributed by atoms with Crippen LogP contribution in [-0.2, 0) is 11.3 Å². The lowest BCUT2D eigenvalue weighted by Crippen LogP contribution is -2.17. The lowest BCUT2D eigenvalue weighted by atomic mass is 10.1. The van der Waals surface area contributed by atoms with Gasteiger partial charge in [-0.15, -0.1) is 0 Å². The fourth-order valence-corrected chi connectivity index (χ4v) is 2.54. The molecule has 0 bridgehead atoms. The molecule has 1 heterocycles. The van der Waals surface area contributed by atoms with E-state index in [2.05, 4.69) is 0 Å². The third-order valence-electron chi connectivity index (χ3n) is 3.69. The Morgan fingerprint density at radius 1 is 1.12 bits per heavy atom. The molecule has 0 unspecified atom stereocenters. The number of methoxy groups -OCH3 is 1. The Balaban J connectivity index is 1.76. The SMILES string of the molecule is CCOc1ccccc1COC(=O)c1cc(OC)c2c(c1)OCCO2. The van der Waals surface area contributed by atoms with Crippen molar-refractivity contribution in [2.24, 2.45) is 0 Å². The van der Waals surface area contributed by atoms with E-state index < -0.39 is 5.97 Å². The number of para-hydroxylation sites is 1. The second-order valence-corrected chi connectivity index (χ2v) is 5.32. The molecular weight excluding hydrogens is 324 g/mol. The van der Waals surface area contributed by atoms with Crippen LogP contribution in [0.1, 0.15) is 22.8 Å². The van der Waals surface area contributed by atoms with Crippen LogP contribution in [0.3, 0.4) is 0 Å². The van der Waals surface area contributed by atoms with Gasteiger partial charge in [-0.25, -0.2) is 4.79 Å². The molecule has 0 radical (unpaired) electrons. The molecule has 0 amide bonds. The number of esters is 1. The first-order valence-corrected chi connectivity index (χ1v) is 8.08. The van der Waals surface area contributed by atoms with E-state index in [0.717, 1.165) is 5.56 Å². The quantitative estimate of drug-likeness (QED) is 0.750. The van der Waals surface area contributed by atoms with E-state index in [1.54, 1.807) is 12.1 Å². The lowest BCUT2D eigenvalue weighted by Gasteiger charge is -2.21. The Bertz CT molecular complexity index is 738. The molecule has 0 aliphatic carbocycles. The van der Waals surface area contributed by atoms with Crippen molar-refractivity contribution in [3.63, 3.8) is 0 Å². The molecule has 2 aromatic carbocycles. The van der Waals surface area contributed by atoms with Gasteiger partial charge in [-0.05, 0) is 25.1 Å². The summed E-state index contributed by atoms with van der Waals surface area (Å²) in [7, 11) is 1.51. The molecule has 2 aromatic rings. The molecular formula is C19H20O6. The first-order valence-electron chi connectivity index (χ1n) is 8.08. The average molecular weight is 344 g/mol. The molecule has 0 saturated carbocycles. The minimum Gasteiger partial charge on any atom is -0.493 e. The predicted octanol–water partition coefficient (Wildman–Crippen LogP) is 3.22. The summed E-state index contributed by atoms with van der Waals surface area (Å²) in [4.78, 5) is 12.4. The van der Waals surface area contributed by atoms with Gasteiger partial charge in [0, 0.05) is 5.56 Å². The number of carbonyl (C=O) groups excluding carboxylic acids is 1. The summed E-state index contributed by atoms with van der Waals surface area (Å²) >= 11 is 0. The summed E-state index contributed by atoms with van der Waals surface area (Å²) in [5, 5.41) is 0. The summed E-state index contributed by atoms with van der Waals surface area (Å²) < 4.78 is 27.3. The maximum atomic E-state index is 12.4. The van der Waals surface area contributed by atoms with Crippen molar-refractivity contribution in [3.05, 3.63) is 47.5 Å². The highest BCUT2D eigenvalue weighted by molar-refractivity contribution is 5.91. The predicted molar refractivity (Wildman–Crippen MR) is 90.7 cm³/mol. The van der Waals surface area contributed by atoms with Crippen LogP contribution >= 0.6 is 0 Å². The molecule has 0 fully saturated rings. The largest absolute Gasteiger partial charge is 0.493 e. The second-order valence-electron chi connectivity index (χ2n) is 5.32. The minimum absolute atomic E-state index is 0.117. The van der Waals surface area contributed by atoms with E-state index in [4.69, 9.17) is 23.7 Å². The third kappa shape index (κ3) is 3.79. The normalized spacial score (nSPS) is 12.4. The topological polar surface area (TPSA) is 63.2 Å². The number of fused-ring (bicyclic) bond motifs is 1.